The maximum Gasteiger partial charge on any atom is 0.251 e. The molecule has 0 aliphatic rings. The van der Waals surface area contributed by atoms with Crippen molar-refractivity contribution < 1.29 is 19.8 Å². The lowest BCUT2D eigenvalue weighted by Gasteiger charge is -2.22. The van der Waals surface area contributed by atoms with Crippen molar-refractivity contribution in [3.05, 3.63) is 35.4 Å². The van der Waals surface area contributed by atoms with Crippen LogP contribution in [-0.4, -0.2) is 41.8 Å². The van der Waals surface area contributed by atoms with Gasteiger partial charge < -0.3 is 20.8 Å². The van der Waals surface area contributed by atoms with E-state index in [9.17, 15) is 9.59 Å². The van der Waals surface area contributed by atoms with E-state index in [1.54, 1.807) is 24.3 Å². The number of amides is 2. The van der Waals surface area contributed by atoms with Crippen LogP contribution in [0.25, 0.3) is 0 Å². The van der Waals surface area contributed by atoms with Gasteiger partial charge in [-0.25, -0.2) is 0 Å². The highest BCUT2D eigenvalue weighted by Crippen LogP contribution is 2.23. The molecule has 0 heterocycles. The standard InChI is InChI=1S/C12H16N2O3.C7H16.C4H10O/c1-9(16)14-8-10-2-4-11(5-3-10)12(17)13-6-7-15;1-6(2)7(3,4)5;1-4(2)3-5/h2-5,15H,6-8H2,1H3,(H,13,17)(H,14,16);6H,1-5H3;4-5H,3H2,1-2H3. The maximum atomic E-state index is 11.5. The molecule has 0 atom stereocenters. The molecule has 1 aromatic rings. The number of carbonyl (C=O) groups is 2. The molecule has 1 aromatic carbocycles. The Hall–Kier alpha value is -1.92. The number of nitrogens with one attached hydrogen (secondary N) is 2. The molecular formula is C23H42N2O4. The number of hydrogen-bond acceptors (Lipinski definition) is 4. The van der Waals surface area contributed by atoms with Crippen LogP contribution in [0.2, 0.25) is 0 Å². The first-order chi connectivity index (χ1) is 13.3. The number of hydrogen-bond donors (Lipinski definition) is 4. The molecule has 2 amide bonds. The van der Waals surface area contributed by atoms with Gasteiger partial charge in [-0.15, -0.1) is 0 Å². The lowest BCUT2D eigenvalue weighted by Crippen LogP contribution is -2.26. The fourth-order valence-electron chi connectivity index (χ4n) is 1.27. The molecule has 0 aromatic heterocycles. The molecule has 4 N–H and O–H groups in total. The molecule has 29 heavy (non-hydrogen) atoms. The highest BCUT2D eigenvalue weighted by Gasteiger charge is 2.13. The number of rotatable bonds is 6. The van der Waals surface area contributed by atoms with Crippen molar-refractivity contribution >= 4 is 11.8 Å². The van der Waals surface area contributed by atoms with Gasteiger partial charge in [0.05, 0.1) is 6.61 Å². The van der Waals surface area contributed by atoms with E-state index < -0.39 is 0 Å². The molecular weight excluding hydrogens is 368 g/mol. The van der Waals surface area contributed by atoms with E-state index in [1.165, 1.54) is 6.92 Å². The molecule has 0 spiro atoms. The van der Waals surface area contributed by atoms with E-state index in [2.05, 4.69) is 45.3 Å². The summed E-state index contributed by atoms with van der Waals surface area (Å²) >= 11 is 0. The summed E-state index contributed by atoms with van der Waals surface area (Å²) in [6.45, 7) is 17.6. The van der Waals surface area contributed by atoms with Crippen LogP contribution in [0.5, 0.6) is 0 Å². The fraction of sp³-hybridized carbons (Fsp3) is 0.652. The normalized spacial score (nSPS) is 10.5. The van der Waals surface area contributed by atoms with Crippen molar-refractivity contribution in [2.45, 2.75) is 61.9 Å². The minimum atomic E-state index is -0.217. The zero-order valence-corrected chi connectivity index (χ0v) is 19.5. The van der Waals surface area contributed by atoms with Crippen LogP contribution in [-0.2, 0) is 11.3 Å². The Morgan fingerprint density at radius 2 is 1.41 bits per heavy atom. The second-order valence-corrected chi connectivity index (χ2v) is 8.68. The van der Waals surface area contributed by atoms with Crippen molar-refractivity contribution in [1.82, 2.24) is 10.6 Å². The number of aliphatic hydroxyl groups excluding tert-OH is 2. The van der Waals surface area contributed by atoms with Gasteiger partial charge in [0.25, 0.3) is 5.91 Å². The third-order valence-electron chi connectivity index (χ3n) is 4.25. The summed E-state index contributed by atoms with van der Waals surface area (Å²) < 4.78 is 0. The highest BCUT2D eigenvalue weighted by molar-refractivity contribution is 5.94. The van der Waals surface area contributed by atoms with Gasteiger partial charge >= 0.3 is 0 Å². The Morgan fingerprint density at radius 1 is 0.966 bits per heavy atom. The van der Waals surface area contributed by atoms with Gasteiger partial charge in [-0.05, 0) is 34.9 Å². The molecule has 0 bridgehead atoms. The third kappa shape index (κ3) is 17.9. The molecule has 0 saturated carbocycles. The average molecular weight is 411 g/mol. The smallest absolute Gasteiger partial charge is 0.251 e. The van der Waals surface area contributed by atoms with Gasteiger partial charge in [0, 0.05) is 32.2 Å². The molecule has 1 rings (SSSR count). The Bertz CT molecular complexity index is 561. The number of aliphatic hydroxyl groups is 2. The van der Waals surface area contributed by atoms with E-state index in [1.807, 2.05) is 13.8 Å². The van der Waals surface area contributed by atoms with E-state index in [-0.39, 0.29) is 25.0 Å². The predicted octanol–water partition coefficient (Wildman–Crippen LogP) is 3.37. The lowest BCUT2D eigenvalue weighted by atomic mass is 9.84. The molecule has 0 aliphatic carbocycles. The summed E-state index contributed by atoms with van der Waals surface area (Å²) in [5.41, 5.74) is 1.96. The van der Waals surface area contributed by atoms with E-state index in [0.717, 1.165) is 11.5 Å². The van der Waals surface area contributed by atoms with Crippen LogP contribution >= 0.6 is 0 Å². The predicted molar refractivity (Wildman–Crippen MR) is 120 cm³/mol. The quantitative estimate of drug-likeness (QED) is 0.578. The first-order valence-electron chi connectivity index (χ1n) is 10.2. The summed E-state index contributed by atoms with van der Waals surface area (Å²) in [5, 5.41) is 21.9. The van der Waals surface area contributed by atoms with Gasteiger partial charge in [0.2, 0.25) is 5.91 Å². The maximum absolute atomic E-state index is 11.5. The summed E-state index contributed by atoms with van der Waals surface area (Å²) in [6.07, 6.45) is 0. The second kappa shape index (κ2) is 15.9. The first-order valence-corrected chi connectivity index (χ1v) is 10.2. The molecule has 0 unspecified atom stereocenters. The molecule has 0 saturated heterocycles. The number of carbonyl (C=O) groups excluding carboxylic acids is 2. The Labute approximate surface area is 177 Å². The van der Waals surface area contributed by atoms with Crippen LogP contribution < -0.4 is 10.6 Å². The van der Waals surface area contributed by atoms with Crippen molar-refractivity contribution in [2.75, 3.05) is 19.8 Å². The van der Waals surface area contributed by atoms with Gasteiger partial charge in [-0.2, -0.15) is 0 Å². The van der Waals surface area contributed by atoms with Gasteiger partial charge in [0.1, 0.15) is 0 Å². The SMILES string of the molecule is CC(=O)NCc1ccc(C(=O)NCCO)cc1.CC(C)C(C)(C)C.CC(C)CO. The zero-order chi connectivity index (χ0) is 23.0. The molecule has 6 nitrogen and oxygen atoms in total. The average Bonchev–Trinajstić information content (AvgIpc) is 2.65. The van der Waals surface area contributed by atoms with Crippen molar-refractivity contribution in [3.8, 4) is 0 Å². The molecule has 168 valence electrons. The summed E-state index contributed by atoms with van der Waals surface area (Å²) in [5.74, 6) is 0.933. The van der Waals surface area contributed by atoms with E-state index in [4.69, 9.17) is 10.2 Å². The van der Waals surface area contributed by atoms with Gasteiger partial charge in [-0.1, -0.05) is 60.6 Å². The zero-order valence-electron chi connectivity index (χ0n) is 19.5. The summed E-state index contributed by atoms with van der Waals surface area (Å²) in [6, 6.07) is 6.93. The second-order valence-electron chi connectivity index (χ2n) is 8.68. The largest absolute Gasteiger partial charge is 0.396 e. The van der Waals surface area contributed by atoms with Crippen molar-refractivity contribution in [3.63, 3.8) is 0 Å². The van der Waals surface area contributed by atoms with Crippen LogP contribution in [0, 0.1) is 17.3 Å². The van der Waals surface area contributed by atoms with Crippen molar-refractivity contribution in [2.24, 2.45) is 17.3 Å². The summed E-state index contributed by atoms with van der Waals surface area (Å²) in [7, 11) is 0. The van der Waals surface area contributed by atoms with Gasteiger partial charge in [0.15, 0.2) is 0 Å². The monoisotopic (exact) mass is 410 g/mol. The van der Waals surface area contributed by atoms with Crippen LogP contribution in [0.1, 0.15) is 71.3 Å². The molecule has 0 aliphatic heterocycles. The Balaban J connectivity index is 0. The summed E-state index contributed by atoms with van der Waals surface area (Å²) in [4.78, 5) is 22.2. The van der Waals surface area contributed by atoms with Crippen LogP contribution in [0.3, 0.4) is 0 Å². The van der Waals surface area contributed by atoms with E-state index in [0.29, 0.717) is 30.0 Å². The van der Waals surface area contributed by atoms with Crippen LogP contribution in [0.15, 0.2) is 24.3 Å². The topological polar surface area (TPSA) is 98.7 Å². The highest BCUT2D eigenvalue weighted by atomic mass is 16.3. The molecule has 6 heteroatoms. The fourth-order valence-corrected chi connectivity index (χ4v) is 1.27. The third-order valence-corrected chi connectivity index (χ3v) is 4.25. The minimum Gasteiger partial charge on any atom is -0.396 e. The van der Waals surface area contributed by atoms with Crippen LogP contribution in [0.4, 0.5) is 0 Å². The molecule has 0 fully saturated rings. The lowest BCUT2D eigenvalue weighted by molar-refractivity contribution is -0.119. The number of benzene rings is 1. The van der Waals surface area contributed by atoms with E-state index >= 15 is 0 Å². The van der Waals surface area contributed by atoms with Crippen molar-refractivity contribution in [1.29, 1.82) is 0 Å². The molecule has 0 radical (unpaired) electrons. The minimum absolute atomic E-state index is 0.0770. The van der Waals surface area contributed by atoms with Gasteiger partial charge in [-0.3, -0.25) is 9.59 Å². The first kappa shape index (κ1) is 29.3. The Morgan fingerprint density at radius 3 is 1.72 bits per heavy atom. The Kier molecular flexibility index (Phi) is 16.1.